The number of nitrogens with zero attached hydrogens (tertiary/aromatic N) is 2. The highest BCUT2D eigenvalue weighted by Crippen LogP contribution is 2.37. The highest BCUT2D eigenvalue weighted by Gasteiger charge is 2.19. The number of hydrazine groups is 1. The normalized spacial score (nSPS) is 14.2. The van der Waals surface area contributed by atoms with E-state index in [4.69, 9.17) is 18.7 Å². The number of nitrogens with one attached hydrogen (secondary N) is 3. The predicted molar refractivity (Wildman–Crippen MR) is 147 cm³/mol. The Morgan fingerprint density at radius 3 is 2.76 bits per heavy atom. The summed E-state index contributed by atoms with van der Waals surface area (Å²) in [5.41, 5.74) is 7.30. The van der Waals surface area contributed by atoms with Crippen molar-refractivity contribution in [1.29, 1.82) is 0 Å². The first-order valence-electron chi connectivity index (χ1n) is 11.9. The number of hydrogen-bond acceptors (Lipinski definition) is 10. The Balaban J connectivity index is 1.44. The fourth-order valence-electron chi connectivity index (χ4n) is 3.86. The van der Waals surface area contributed by atoms with Crippen molar-refractivity contribution in [1.82, 2.24) is 20.3 Å². The van der Waals surface area contributed by atoms with Crippen molar-refractivity contribution < 1.29 is 22.9 Å². The van der Waals surface area contributed by atoms with Gasteiger partial charge in [0.25, 0.3) is 0 Å². The van der Waals surface area contributed by atoms with Crippen LogP contribution in [0.15, 0.2) is 51.5 Å². The molecule has 3 N–H and O–H groups in total. The molecule has 10 nitrogen and oxygen atoms in total. The lowest BCUT2D eigenvalue weighted by atomic mass is 10.1. The van der Waals surface area contributed by atoms with Gasteiger partial charge in [-0.1, -0.05) is 18.1 Å². The van der Waals surface area contributed by atoms with Crippen molar-refractivity contribution in [3.63, 3.8) is 0 Å². The van der Waals surface area contributed by atoms with E-state index in [0.29, 0.717) is 49.1 Å². The molecule has 1 unspecified atom stereocenters. The number of fused-ring (bicyclic) bond motifs is 1. The molecule has 12 heteroatoms. The van der Waals surface area contributed by atoms with Crippen molar-refractivity contribution >= 4 is 39.7 Å². The van der Waals surface area contributed by atoms with E-state index in [2.05, 4.69) is 39.1 Å². The van der Waals surface area contributed by atoms with E-state index < -0.39 is 11.0 Å². The molecule has 2 heterocycles. The third-order valence-corrected chi connectivity index (χ3v) is 7.68. The van der Waals surface area contributed by atoms with E-state index in [1.165, 1.54) is 17.5 Å². The van der Waals surface area contributed by atoms with Crippen molar-refractivity contribution in [3.8, 4) is 11.5 Å². The molecule has 0 radical (unpaired) electrons. The number of methoxy groups -OCH3 is 3. The van der Waals surface area contributed by atoms with Crippen molar-refractivity contribution in [2.75, 3.05) is 51.5 Å². The SMILES string of the molecule is CCc1ccc(OC)c(SNc2noc3cc(CN4C=C(CNS(=O)CCOC)CN4)cc(OC)c23)c1. The van der Waals surface area contributed by atoms with Crippen LogP contribution >= 0.6 is 11.9 Å². The lowest BCUT2D eigenvalue weighted by Gasteiger charge is -2.16. The summed E-state index contributed by atoms with van der Waals surface area (Å²) in [5, 5.41) is 7.02. The Kier molecular flexibility index (Phi) is 9.69. The maximum Gasteiger partial charge on any atom is 0.191 e. The number of aryl methyl sites for hydroxylation is 1. The lowest BCUT2D eigenvalue weighted by molar-refractivity contribution is 0.218. The number of rotatable bonds is 14. The van der Waals surface area contributed by atoms with E-state index in [-0.39, 0.29) is 0 Å². The number of ether oxygens (including phenoxy) is 3. The zero-order valence-electron chi connectivity index (χ0n) is 21.5. The molecular formula is C25H33N5O5S2. The Morgan fingerprint density at radius 2 is 2.00 bits per heavy atom. The molecule has 3 aromatic rings. The molecule has 4 rings (SSSR count). The monoisotopic (exact) mass is 547 g/mol. The molecule has 0 saturated heterocycles. The number of hydrogen-bond donors (Lipinski definition) is 3. The fraction of sp³-hybridized carbons (Fsp3) is 0.400. The Bertz CT molecular complexity index is 1270. The molecule has 0 aliphatic carbocycles. The van der Waals surface area contributed by atoms with Crippen molar-refractivity contribution in [2.24, 2.45) is 0 Å². The molecule has 2 aromatic carbocycles. The van der Waals surface area contributed by atoms with Crippen molar-refractivity contribution in [2.45, 2.75) is 24.8 Å². The smallest absolute Gasteiger partial charge is 0.191 e. The van der Waals surface area contributed by atoms with E-state index >= 15 is 0 Å². The van der Waals surface area contributed by atoms with Gasteiger partial charge in [0.1, 0.15) is 16.9 Å². The van der Waals surface area contributed by atoms with Crippen LogP contribution in [0.5, 0.6) is 11.5 Å². The number of anilines is 1. The van der Waals surface area contributed by atoms with Gasteiger partial charge in [-0.25, -0.2) is 14.4 Å². The first-order chi connectivity index (χ1) is 18.0. The van der Waals surface area contributed by atoms with Crippen LogP contribution < -0.4 is 24.3 Å². The van der Waals surface area contributed by atoms with Crippen LogP contribution in [0.1, 0.15) is 18.1 Å². The van der Waals surface area contributed by atoms with Crippen LogP contribution in [0.4, 0.5) is 5.82 Å². The zero-order chi connectivity index (χ0) is 26.2. The van der Waals surface area contributed by atoms with Gasteiger partial charge >= 0.3 is 0 Å². The second kappa shape index (κ2) is 13.2. The molecule has 1 aromatic heterocycles. The molecule has 0 spiro atoms. The second-order valence-corrected chi connectivity index (χ2v) is 10.6. The van der Waals surface area contributed by atoms with Crippen molar-refractivity contribution in [3.05, 3.63) is 53.2 Å². The minimum Gasteiger partial charge on any atom is -0.496 e. The summed E-state index contributed by atoms with van der Waals surface area (Å²) in [4.78, 5) is 0.966. The quantitative estimate of drug-likeness (QED) is 0.259. The Labute approximate surface area is 223 Å². The Hall–Kier alpha value is -2.77. The summed E-state index contributed by atoms with van der Waals surface area (Å²) in [6.07, 6.45) is 2.97. The lowest BCUT2D eigenvalue weighted by Crippen LogP contribution is -2.29. The second-order valence-electron chi connectivity index (χ2n) is 8.36. The first kappa shape index (κ1) is 27.3. The molecule has 1 aliphatic rings. The van der Waals surface area contributed by atoms with E-state index in [1.54, 1.807) is 21.3 Å². The van der Waals surface area contributed by atoms with Gasteiger partial charge in [-0.05, 0) is 59.3 Å². The average Bonchev–Trinajstić information content (AvgIpc) is 3.55. The maximum atomic E-state index is 11.9. The zero-order valence-corrected chi connectivity index (χ0v) is 23.1. The van der Waals surface area contributed by atoms with Gasteiger partial charge < -0.3 is 28.5 Å². The largest absolute Gasteiger partial charge is 0.496 e. The van der Waals surface area contributed by atoms with Crippen LogP contribution in [0.2, 0.25) is 0 Å². The van der Waals surface area contributed by atoms with Crippen LogP contribution in [0.3, 0.4) is 0 Å². The minimum atomic E-state index is -1.11. The van der Waals surface area contributed by atoms with Crippen LogP contribution in [0, 0.1) is 0 Å². The molecule has 37 heavy (non-hydrogen) atoms. The van der Waals surface area contributed by atoms with Gasteiger partial charge in [-0.3, -0.25) is 0 Å². The average molecular weight is 548 g/mol. The van der Waals surface area contributed by atoms with E-state index in [0.717, 1.165) is 33.6 Å². The highest BCUT2D eigenvalue weighted by atomic mass is 32.2. The molecular weight excluding hydrogens is 514 g/mol. The Morgan fingerprint density at radius 1 is 1.16 bits per heavy atom. The summed E-state index contributed by atoms with van der Waals surface area (Å²) in [5.74, 6) is 2.51. The van der Waals surface area contributed by atoms with Crippen LogP contribution in [0.25, 0.3) is 11.0 Å². The molecule has 200 valence electrons. The fourth-order valence-corrected chi connectivity index (χ4v) is 5.48. The number of benzene rings is 2. The van der Waals surface area contributed by atoms with Crippen LogP contribution in [-0.2, 0) is 28.7 Å². The molecule has 0 bridgehead atoms. The molecule has 1 aliphatic heterocycles. The first-order valence-corrected chi connectivity index (χ1v) is 14.0. The highest BCUT2D eigenvalue weighted by molar-refractivity contribution is 8.00. The van der Waals surface area contributed by atoms with Gasteiger partial charge in [0.15, 0.2) is 11.4 Å². The molecule has 0 fully saturated rings. The van der Waals surface area contributed by atoms with Gasteiger partial charge in [0.2, 0.25) is 0 Å². The van der Waals surface area contributed by atoms with Gasteiger partial charge in [0.05, 0.1) is 49.0 Å². The summed E-state index contributed by atoms with van der Waals surface area (Å²) in [6.45, 7) is 4.41. The summed E-state index contributed by atoms with van der Waals surface area (Å²) in [7, 11) is 3.79. The molecule has 0 amide bonds. The van der Waals surface area contributed by atoms with E-state index in [9.17, 15) is 4.21 Å². The van der Waals surface area contributed by atoms with Crippen LogP contribution in [-0.4, -0.2) is 61.2 Å². The van der Waals surface area contributed by atoms with Gasteiger partial charge in [0, 0.05) is 26.4 Å². The minimum absolute atomic E-state index is 0.463. The summed E-state index contributed by atoms with van der Waals surface area (Å²) < 4.78 is 40.1. The van der Waals surface area contributed by atoms with Gasteiger partial charge in [-0.2, -0.15) is 0 Å². The third-order valence-electron chi connectivity index (χ3n) is 5.85. The maximum absolute atomic E-state index is 11.9. The molecule has 1 atom stereocenters. The third kappa shape index (κ3) is 6.96. The number of aromatic nitrogens is 1. The standard InChI is InChI=1S/C25H33N5O5S2/c1-5-17-6-7-20(33-3)23(12-17)36-29-25-24-21(34-4)10-18(11-22(24)35-28-25)15-30-16-19(13-26-30)14-27-37(31)9-8-32-2/h6-7,10-12,16,26-27H,5,8-9,13-15H2,1-4H3,(H,28,29). The predicted octanol–water partition coefficient (Wildman–Crippen LogP) is 3.63. The summed E-state index contributed by atoms with van der Waals surface area (Å²) >= 11 is 1.42. The molecule has 0 saturated carbocycles. The summed E-state index contributed by atoms with van der Waals surface area (Å²) in [6, 6.07) is 10.1. The van der Waals surface area contributed by atoms with Gasteiger partial charge in [-0.15, -0.1) is 0 Å². The topological polar surface area (TPSA) is 110 Å². The van der Waals surface area contributed by atoms with E-state index in [1.807, 2.05) is 29.4 Å².